The Morgan fingerprint density at radius 1 is 1.39 bits per heavy atom. The van der Waals surface area contributed by atoms with E-state index in [1.54, 1.807) is 18.2 Å². The fraction of sp³-hybridized carbons (Fsp3) is 0.429. The van der Waals surface area contributed by atoms with Gasteiger partial charge < -0.3 is 10.1 Å². The van der Waals surface area contributed by atoms with Crippen LogP contribution in [0.25, 0.3) is 0 Å². The number of carbonyl (C=O) groups excluding carboxylic acids is 2. The number of aryl methyl sites for hydroxylation is 1. The Morgan fingerprint density at radius 2 is 2.06 bits per heavy atom. The second kappa shape index (κ2) is 4.80. The number of rotatable bonds is 3. The molecule has 18 heavy (non-hydrogen) atoms. The van der Waals surface area contributed by atoms with Crippen molar-refractivity contribution in [2.24, 2.45) is 11.8 Å². The van der Waals surface area contributed by atoms with Crippen molar-refractivity contribution in [3.8, 4) is 0 Å². The van der Waals surface area contributed by atoms with Gasteiger partial charge in [-0.05, 0) is 37.0 Å². The van der Waals surface area contributed by atoms with Gasteiger partial charge >= 0.3 is 5.97 Å². The zero-order valence-corrected chi connectivity index (χ0v) is 10.8. The molecule has 0 aromatic heterocycles. The molecule has 96 valence electrons. The van der Waals surface area contributed by atoms with Crippen molar-refractivity contribution in [2.45, 2.75) is 20.3 Å². The van der Waals surface area contributed by atoms with Gasteiger partial charge in [-0.3, -0.25) is 4.79 Å². The third-order valence-corrected chi connectivity index (χ3v) is 3.36. The average molecular weight is 247 g/mol. The summed E-state index contributed by atoms with van der Waals surface area (Å²) in [5.74, 6) is 0.221. The van der Waals surface area contributed by atoms with E-state index in [-0.39, 0.29) is 11.8 Å². The molecule has 1 aromatic rings. The molecule has 0 saturated heterocycles. The maximum Gasteiger partial charge on any atom is 0.337 e. The summed E-state index contributed by atoms with van der Waals surface area (Å²) >= 11 is 0. The molecule has 2 atom stereocenters. The van der Waals surface area contributed by atoms with Crippen LogP contribution >= 0.6 is 0 Å². The predicted molar refractivity (Wildman–Crippen MR) is 68.4 cm³/mol. The second-order valence-corrected chi connectivity index (χ2v) is 4.83. The lowest BCUT2D eigenvalue weighted by atomic mass is 10.1. The molecule has 2 rings (SSSR count). The number of hydrogen-bond acceptors (Lipinski definition) is 3. The summed E-state index contributed by atoms with van der Waals surface area (Å²) in [5.41, 5.74) is 2.06. The van der Waals surface area contributed by atoms with Gasteiger partial charge in [-0.2, -0.15) is 0 Å². The zero-order chi connectivity index (χ0) is 13.3. The van der Waals surface area contributed by atoms with Crippen LogP contribution in [0.15, 0.2) is 18.2 Å². The van der Waals surface area contributed by atoms with E-state index in [9.17, 15) is 9.59 Å². The number of ether oxygens (including phenoxy) is 1. The van der Waals surface area contributed by atoms with Crippen LogP contribution in [0.1, 0.15) is 29.3 Å². The summed E-state index contributed by atoms with van der Waals surface area (Å²) in [6.07, 6.45) is 0.946. The van der Waals surface area contributed by atoms with E-state index in [4.69, 9.17) is 0 Å². The van der Waals surface area contributed by atoms with Crippen LogP contribution < -0.4 is 5.32 Å². The highest BCUT2D eigenvalue weighted by molar-refractivity contribution is 5.97. The van der Waals surface area contributed by atoms with Gasteiger partial charge in [-0.25, -0.2) is 4.79 Å². The summed E-state index contributed by atoms with van der Waals surface area (Å²) in [6, 6.07) is 5.15. The Bertz CT molecular complexity index is 496. The van der Waals surface area contributed by atoms with Crippen LogP contribution in [0, 0.1) is 18.8 Å². The maximum absolute atomic E-state index is 11.9. The van der Waals surface area contributed by atoms with Gasteiger partial charge in [0, 0.05) is 11.6 Å². The molecule has 0 aliphatic heterocycles. The standard InChI is InChI=1S/C14H17NO3/c1-8-4-5-10(14(17)18-3)7-12(8)15-13(16)11-6-9(11)2/h4-5,7,9,11H,6H2,1-3H3,(H,15,16)/t9-,11-/m1/s1. The number of amides is 1. The fourth-order valence-corrected chi connectivity index (χ4v) is 1.91. The van der Waals surface area contributed by atoms with Gasteiger partial charge in [-0.1, -0.05) is 13.0 Å². The van der Waals surface area contributed by atoms with E-state index in [0.29, 0.717) is 17.2 Å². The van der Waals surface area contributed by atoms with Crippen LogP contribution in [0.5, 0.6) is 0 Å². The number of esters is 1. The number of carbonyl (C=O) groups is 2. The van der Waals surface area contributed by atoms with Crippen molar-refractivity contribution < 1.29 is 14.3 Å². The Hall–Kier alpha value is -1.84. The van der Waals surface area contributed by atoms with Crippen molar-refractivity contribution in [1.82, 2.24) is 0 Å². The van der Waals surface area contributed by atoms with Gasteiger partial charge in [0.25, 0.3) is 0 Å². The number of methoxy groups -OCH3 is 1. The minimum atomic E-state index is -0.398. The molecule has 0 heterocycles. The van der Waals surface area contributed by atoms with Gasteiger partial charge in [0.05, 0.1) is 12.7 Å². The van der Waals surface area contributed by atoms with E-state index >= 15 is 0 Å². The quantitative estimate of drug-likeness (QED) is 0.834. The van der Waals surface area contributed by atoms with E-state index < -0.39 is 5.97 Å². The van der Waals surface area contributed by atoms with Crippen molar-refractivity contribution in [1.29, 1.82) is 0 Å². The summed E-state index contributed by atoms with van der Waals surface area (Å²) < 4.78 is 4.66. The number of hydrogen-bond donors (Lipinski definition) is 1. The topological polar surface area (TPSA) is 55.4 Å². The highest BCUT2D eigenvalue weighted by atomic mass is 16.5. The summed E-state index contributed by atoms with van der Waals surface area (Å²) in [7, 11) is 1.34. The lowest BCUT2D eigenvalue weighted by molar-refractivity contribution is -0.117. The molecule has 1 aromatic carbocycles. The molecule has 4 nitrogen and oxygen atoms in total. The Kier molecular flexibility index (Phi) is 3.36. The third kappa shape index (κ3) is 2.53. The molecule has 0 bridgehead atoms. The van der Waals surface area contributed by atoms with E-state index in [2.05, 4.69) is 17.0 Å². The molecule has 0 radical (unpaired) electrons. The first-order chi connectivity index (χ1) is 8.52. The molecule has 1 fully saturated rings. The SMILES string of the molecule is COC(=O)c1ccc(C)c(NC(=O)[C@@H]2C[C@H]2C)c1. The fourth-order valence-electron chi connectivity index (χ4n) is 1.91. The summed E-state index contributed by atoms with van der Waals surface area (Å²) in [5, 5.41) is 2.88. The van der Waals surface area contributed by atoms with E-state index in [0.717, 1.165) is 12.0 Å². The first-order valence-electron chi connectivity index (χ1n) is 6.02. The van der Waals surface area contributed by atoms with E-state index in [1.165, 1.54) is 7.11 Å². The monoisotopic (exact) mass is 247 g/mol. The summed E-state index contributed by atoms with van der Waals surface area (Å²) in [4.78, 5) is 23.3. The van der Waals surface area contributed by atoms with Crippen LogP contribution in [-0.2, 0) is 9.53 Å². The van der Waals surface area contributed by atoms with Gasteiger partial charge in [-0.15, -0.1) is 0 Å². The molecular formula is C14H17NO3. The lowest BCUT2D eigenvalue weighted by Gasteiger charge is -2.09. The largest absolute Gasteiger partial charge is 0.465 e. The van der Waals surface area contributed by atoms with E-state index in [1.807, 2.05) is 6.92 Å². The van der Waals surface area contributed by atoms with Crippen molar-refractivity contribution in [3.05, 3.63) is 29.3 Å². The number of benzene rings is 1. The highest BCUT2D eigenvalue weighted by Gasteiger charge is 2.39. The smallest absolute Gasteiger partial charge is 0.337 e. The van der Waals surface area contributed by atoms with Crippen LogP contribution in [0.4, 0.5) is 5.69 Å². The Labute approximate surface area is 106 Å². The minimum absolute atomic E-state index is 0.0348. The van der Waals surface area contributed by atoms with Crippen molar-refractivity contribution >= 4 is 17.6 Å². The van der Waals surface area contributed by atoms with Crippen LogP contribution in [-0.4, -0.2) is 19.0 Å². The zero-order valence-electron chi connectivity index (χ0n) is 10.8. The number of nitrogens with one attached hydrogen (secondary N) is 1. The normalized spacial score (nSPS) is 21.3. The van der Waals surface area contributed by atoms with Crippen LogP contribution in [0.3, 0.4) is 0 Å². The van der Waals surface area contributed by atoms with Crippen LogP contribution in [0.2, 0.25) is 0 Å². The molecule has 1 N–H and O–H groups in total. The molecule has 1 amide bonds. The molecule has 1 aliphatic carbocycles. The molecule has 1 saturated carbocycles. The predicted octanol–water partition coefficient (Wildman–Crippen LogP) is 2.38. The number of anilines is 1. The van der Waals surface area contributed by atoms with Crippen molar-refractivity contribution in [2.75, 3.05) is 12.4 Å². The molecule has 4 heteroatoms. The minimum Gasteiger partial charge on any atom is -0.465 e. The molecule has 1 aliphatic rings. The highest BCUT2D eigenvalue weighted by Crippen LogP contribution is 2.38. The first kappa shape index (κ1) is 12.6. The average Bonchev–Trinajstić information content (AvgIpc) is 3.08. The molecule has 0 spiro atoms. The first-order valence-corrected chi connectivity index (χ1v) is 6.02. The maximum atomic E-state index is 11.9. The summed E-state index contributed by atoms with van der Waals surface area (Å²) in [6.45, 7) is 3.95. The van der Waals surface area contributed by atoms with Gasteiger partial charge in [0.1, 0.15) is 0 Å². The molecular weight excluding hydrogens is 230 g/mol. The Morgan fingerprint density at radius 3 is 2.61 bits per heavy atom. The molecule has 0 unspecified atom stereocenters. The lowest BCUT2D eigenvalue weighted by Crippen LogP contribution is -2.16. The van der Waals surface area contributed by atoms with Gasteiger partial charge in [0.2, 0.25) is 5.91 Å². The van der Waals surface area contributed by atoms with Gasteiger partial charge in [0.15, 0.2) is 0 Å². The Balaban J connectivity index is 2.16. The second-order valence-electron chi connectivity index (χ2n) is 4.83. The third-order valence-electron chi connectivity index (χ3n) is 3.36. The van der Waals surface area contributed by atoms with Crippen molar-refractivity contribution in [3.63, 3.8) is 0 Å².